The van der Waals surface area contributed by atoms with Gasteiger partial charge >= 0.3 is 0 Å². The third kappa shape index (κ3) is 2.57. The van der Waals surface area contributed by atoms with Crippen LogP contribution in [0.4, 0.5) is 0 Å². The highest BCUT2D eigenvalue weighted by molar-refractivity contribution is 6.30. The average molecular weight is 263 g/mol. The van der Waals surface area contributed by atoms with Gasteiger partial charge in [-0.3, -0.25) is 0 Å². The molecule has 1 fully saturated rings. The Morgan fingerprint density at radius 3 is 2.67 bits per heavy atom. The maximum atomic E-state index is 5.88. The van der Waals surface area contributed by atoms with Gasteiger partial charge in [0.2, 0.25) is 0 Å². The molecule has 2 aromatic rings. The largest absolute Gasteiger partial charge is 0.364 e. The molecule has 0 radical (unpaired) electrons. The van der Waals surface area contributed by atoms with Crippen molar-refractivity contribution in [2.24, 2.45) is 0 Å². The van der Waals surface area contributed by atoms with Crippen LogP contribution in [-0.2, 0) is 6.54 Å². The Balaban J connectivity index is 1.47. The van der Waals surface area contributed by atoms with E-state index in [1.54, 1.807) is 6.26 Å². The van der Waals surface area contributed by atoms with E-state index in [9.17, 15) is 0 Å². The van der Waals surface area contributed by atoms with Crippen LogP contribution in [0.2, 0.25) is 5.02 Å². The summed E-state index contributed by atoms with van der Waals surface area (Å²) in [5.74, 6) is 0.664. The van der Waals surface area contributed by atoms with E-state index in [0.717, 1.165) is 17.3 Å². The number of nitrogens with zero attached hydrogens (tertiary/aromatic N) is 1. The first kappa shape index (κ1) is 11.8. The van der Waals surface area contributed by atoms with Crippen molar-refractivity contribution in [2.75, 3.05) is 0 Å². The molecule has 1 aromatic heterocycles. The maximum Gasteiger partial charge on any atom is 0.124 e. The van der Waals surface area contributed by atoms with E-state index in [2.05, 4.69) is 22.6 Å². The summed E-state index contributed by atoms with van der Waals surface area (Å²) in [4.78, 5) is 0. The molecule has 0 bridgehead atoms. The first-order chi connectivity index (χ1) is 8.81. The second kappa shape index (κ2) is 5.12. The zero-order valence-electron chi connectivity index (χ0n) is 9.97. The molecule has 0 amide bonds. The van der Waals surface area contributed by atoms with E-state index in [-0.39, 0.29) is 0 Å². The van der Waals surface area contributed by atoms with Gasteiger partial charge in [-0.2, -0.15) is 0 Å². The Kier molecular flexibility index (Phi) is 3.35. The molecule has 1 saturated carbocycles. The molecule has 0 spiro atoms. The molecule has 1 heterocycles. The number of nitrogens with one attached hydrogen (secondary N) is 1. The molecular formula is C14H15ClN2O. The number of hydrogen-bond acceptors (Lipinski definition) is 3. The molecule has 1 aliphatic rings. The summed E-state index contributed by atoms with van der Waals surface area (Å²) in [5, 5.41) is 8.17. The van der Waals surface area contributed by atoms with E-state index in [0.29, 0.717) is 12.0 Å². The highest BCUT2D eigenvalue weighted by atomic mass is 35.5. The highest BCUT2D eigenvalue weighted by Crippen LogP contribution is 2.37. The van der Waals surface area contributed by atoms with Gasteiger partial charge in [0.1, 0.15) is 6.26 Å². The van der Waals surface area contributed by atoms with Gasteiger partial charge < -0.3 is 9.84 Å². The fourth-order valence-electron chi connectivity index (χ4n) is 2.37. The molecule has 18 heavy (non-hydrogen) atoms. The molecule has 1 N–H and O–H groups in total. The van der Waals surface area contributed by atoms with Crippen LogP contribution in [0.25, 0.3) is 0 Å². The summed E-state index contributed by atoms with van der Waals surface area (Å²) >= 11 is 5.88. The van der Waals surface area contributed by atoms with Crippen LogP contribution in [0.5, 0.6) is 0 Å². The fourth-order valence-corrected chi connectivity index (χ4v) is 2.50. The highest BCUT2D eigenvalue weighted by Gasteiger charge is 2.29. The van der Waals surface area contributed by atoms with Crippen molar-refractivity contribution in [1.29, 1.82) is 0 Å². The minimum atomic E-state index is 0.586. The number of benzene rings is 1. The summed E-state index contributed by atoms with van der Waals surface area (Å²) in [6.07, 6.45) is 3.97. The van der Waals surface area contributed by atoms with Crippen molar-refractivity contribution in [2.45, 2.75) is 31.3 Å². The third-order valence-corrected chi connectivity index (χ3v) is 3.79. The fraction of sp³-hybridized carbons (Fsp3) is 0.357. The smallest absolute Gasteiger partial charge is 0.124 e. The molecule has 4 heteroatoms. The van der Waals surface area contributed by atoms with Crippen molar-refractivity contribution in [1.82, 2.24) is 10.5 Å². The van der Waals surface area contributed by atoms with E-state index >= 15 is 0 Å². The summed E-state index contributed by atoms with van der Waals surface area (Å²) in [7, 11) is 0. The minimum absolute atomic E-state index is 0.586. The third-order valence-electron chi connectivity index (χ3n) is 3.54. The number of hydrogen-bond donors (Lipinski definition) is 1. The molecule has 3 rings (SSSR count). The van der Waals surface area contributed by atoms with Crippen LogP contribution < -0.4 is 5.32 Å². The number of halogens is 1. The Bertz CT molecular complexity index is 489. The van der Waals surface area contributed by atoms with Crippen LogP contribution >= 0.6 is 11.6 Å². The van der Waals surface area contributed by atoms with E-state index in [1.807, 2.05) is 18.2 Å². The van der Waals surface area contributed by atoms with E-state index in [4.69, 9.17) is 16.1 Å². The quantitative estimate of drug-likeness (QED) is 0.918. The predicted molar refractivity (Wildman–Crippen MR) is 70.6 cm³/mol. The van der Waals surface area contributed by atoms with Crippen molar-refractivity contribution in [3.05, 3.63) is 52.9 Å². The predicted octanol–water partition coefficient (Wildman–Crippen LogP) is 3.36. The normalized spacial score (nSPS) is 22.7. The minimum Gasteiger partial charge on any atom is -0.364 e. The van der Waals surface area contributed by atoms with Crippen LogP contribution in [0.15, 0.2) is 41.1 Å². The Hall–Kier alpha value is -1.32. The summed E-state index contributed by atoms with van der Waals surface area (Å²) < 4.78 is 4.80. The second-order valence-corrected chi connectivity index (χ2v) is 5.22. The lowest BCUT2D eigenvalue weighted by atomic mass is 9.76. The first-order valence-electron chi connectivity index (χ1n) is 6.19. The van der Waals surface area contributed by atoms with Gasteiger partial charge in [0.15, 0.2) is 0 Å². The zero-order valence-corrected chi connectivity index (χ0v) is 10.7. The van der Waals surface area contributed by atoms with Crippen LogP contribution in [-0.4, -0.2) is 11.2 Å². The molecule has 0 unspecified atom stereocenters. The van der Waals surface area contributed by atoms with Gasteiger partial charge in [-0.1, -0.05) is 28.9 Å². The van der Waals surface area contributed by atoms with Gasteiger partial charge in [-0.25, -0.2) is 0 Å². The van der Waals surface area contributed by atoms with Gasteiger partial charge in [0, 0.05) is 23.7 Å². The summed E-state index contributed by atoms with van der Waals surface area (Å²) in [5.41, 5.74) is 2.35. The van der Waals surface area contributed by atoms with Gasteiger partial charge in [0.25, 0.3) is 0 Å². The molecule has 0 saturated heterocycles. The summed E-state index contributed by atoms with van der Waals surface area (Å²) in [6.45, 7) is 0.786. The van der Waals surface area contributed by atoms with Crippen LogP contribution in [0, 0.1) is 0 Å². The Labute approximate surface area is 111 Å². The van der Waals surface area contributed by atoms with E-state index in [1.165, 1.54) is 18.4 Å². The van der Waals surface area contributed by atoms with Crippen molar-refractivity contribution in [3.8, 4) is 0 Å². The van der Waals surface area contributed by atoms with Crippen molar-refractivity contribution >= 4 is 11.6 Å². The molecule has 1 aliphatic carbocycles. The monoisotopic (exact) mass is 262 g/mol. The van der Waals surface area contributed by atoms with Gasteiger partial charge in [0.05, 0.1) is 5.69 Å². The second-order valence-electron chi connectivity index (χ2n) is 4.79. The number of rotatable bonds is 4. The van der Waals surface area contributed by atoms with Crippen molar-refractivity contribution in [3.63, 3.8) is 0 Å². The van der Waals surface area contributed by atoms with E-state index < -0.39 is 0 Å². The standard InChI is InChI=1S/C14H15ClN2O/c15-12-3-1-10(2-4-12)11-7-14(8-11)16-9-13-5-6-18-17-13/h1-6,11,14,16H,7-9H2. The molecule has 0 atom stereocenters. The molecule has 3 nitrogen and oxygen atoms in total. The average Bonchev–Trinajstić information content (AvgIpc) is 2.82. The lowest BCUT2D eigenvalue weighted by molar-refractivity contribution is 0.286. The van der Waals surface area contributed by atoms with Crippen molar-refractivity contribution < 1.29 is 4.52 Å². The molecule has 0 aliphatic heterocycles. The summed E-state index contributed by atoms with van der Waals surface area (Å²) in [6, 6.07) is 10.7. The SMILES string of the molecule is Clc1ccc(C2CC(NCc3ccon3)C2)cc1. The lowest BCUT2D eigenvalue weighted by Gasteiger charge is -2.36. The van der Waals surface area contributed by atoms with Crippen LogP contribution in [0.1, 0.15) is 30.0 Å². The van der Waals surface area contributed by atoms with Gasteiger partial charge in [-0.05, 0) is 36.5 Å². The number of aromatic nitrogens is 1. The maximum absolute atomic E-state index is 5.88. The van der Waals surface area contributed by atoms with Crippen LogP contribution in [0.3, 0.4) is 0 Å². The Morgan fingerprint density at radius 1 is 1.22 bits per heavy atom. The van der Waals surface area contributed by atoms with Gasteiger partial charge in [-0.15, -0.1) is 0 Å². The Morgan fingerprint density at radius 2 is 2.00 bits per heavy atom. The molecule has 94 valence electrons. The molecular weight excluding hydrogens is 248 g/mol. The molecule has 1 aromatic carbocycles. The first-order valence-corrected chi connectivity index (χ1v) is 6.57. The topological polar surface area (TPSA) is 38.1 Å². The lowest BCUT2D eigenvalue weighted by Crippen LogP contribution is -2.39. The zero-order chi connectivity index (χ0) is 12.4.